The Morgan fingerprint density at radius 1 is 1.09 bits per heavy atom. The van der Waals surface area contributed by atoms with Crippen molar-refractivity contribution < 1.29 is 14.3 Å². The highest BCUT2D eigenvalue weighted by atomic mass is 35.5. The second kappa shape index (κ2) is 9.19. The first-order valence-corrected chi connectivity index (χ1v) is 11.4. The van der Waals surface area contributed by atoms with Crippen LogP contribution in [0, 0.1) is 6.92 Å². The number of hydrogen-bond acceptors (Lipinski definition) is 4. The second-order valence-corrected chi connectivity index (χ2v) is 8.82. The van der Waals surface area contributed by atoms with E-state index in [1.807, 2.05) is 35.9 Å². The van der Waals surface area contributed by atoms with Crippen LogP contribution in [-0.4, -0.2) is 27.2 Å². The minimum Gasteiger partial charge on any atom is -0.487 e. The number of nitrogens with zero attached hydrogens (tertiary/aromatic N) is 2. The third-order valence-electron chi connectivity index (χ3n) is 5.51. The zero-order valence-corrected chi connectivity index (χ0v) is 19.3. The van der Waals surface area contributed by atoms with Gasteiger partial charge in [-0.1, -0.05) is 23.7 Å². The third kappa shape index (κ3) is 5.05. The van der Waals surface area contributed by atoms with E-state index in [-0.39, 0.29) is 24.5 Å². The van der Waals surface area contributed by atoms with Gasteiger partial charge in [-0.2, -0.15) is 0 Å². The van der Waals surface area contributed by atoms with Crippen molar-refractivity contribution in [3.8, 4) is 5.75 Å². The van der Waals surface area contributed by atoms with Crippen molar-refractivity contribution in [3.05, 3.63) is 94.4 Å². The topological polar surface area (TPSA) is 84.7 Å². The van der Waals surface area contributed by atoms with E-state index >= 15 is 0 Å². The van der Waals surface area contributed by atoms with Crippen molar-refractivity contribution in [2.45, 2.75) is 32.4 Å². The van der Waals surface area contributed by atoms with Crippen LogP contribution in [-0.2, 0) is 6.61 Å². The normalized spacial score (nSPS) is 13.0. The van der Waals surface area contributed by atoms with Crippen LogP contribution in [0.5, 0.6) is 5.75 Å². The fourth-order valence-electron chi connectivity index (χ4n) is 3.58. The van der Waals surface area contributed by atoms with Gasteiger partial charge in [0.1, 0.15) is 18.0 Å². The van der Waals surface area contributed by atoms with Crippen molar-refractivity contribution in [3.63, 3.8) is 0 Å². The van der Waals surface area contributed by atoms with Gasteiger partial charge < -0.3 is 19.8 Å². The highest BCUT2D eigenvalue weighted by Gasteiger charge is 2.25. The molecule has 1 saturated carbocycles. The van der Waals surface area contributed by atoms with Gasteiger partial charge in [-0.05, 0) is 67.8 Å². The molecule has 8 heteroatoms. The van der Waals surface area contributed by atoms with E-state index in [2.05, 4.69) is 15.6 Å². The molecular weight excluding hydrogens is 452 g/mol. The molecular formula is C26H23ClN4O3. The Hall–Kier alpha value is -3.84. The number of carbonyl (C=O) groups is 2. The van der Waals surface area contributed by atoms with Gasteiger partial charge in [0.05, 0.1) is 16.3 Å². The number of imidazole rings is 1. The number of rotatable bonds is 7. The smallest absolute Gasteiger partial charge is 0.255 e. The molecule has 0 radical (unpaired) electrons. The average molecular weight is 475 g/mol. The zero-order valence-electron chi connectivity index (χ0n) is 18.5. The number of ether oxygens (including phenoxy) is 1. The van der Waals surface area contributed by atoms with Crippen LogP contribution in [0.1, 0.15) is 44.8 Å². The molecule has 2 amide bonds. The molecule has 0 saturated heterocycles. The molecule has 34 heavy (non-hydrogen) atoms. The maximum atomic E-state index is 12.8. The molecule has 1 fully saturated rings. The Bertz CT molecular complexity index is 1390. The van der Waals surface area contributed by atoms with Gasteiger partial charge in [0.15, 0.2) is 0 Å². The van der Waals surface area contributed by atoms with Crippen LogP contribution in [0.4, 0.5) is 5.69 Å². The van der Waals surface area contributed by atoms with E-state index in [0.717, 1.165) is 29.7 Å². The molecule has 0 unspecified atom stereocenters. The van der Waals surface area contributed by atoms with Gasteiger partial charge in [0.25, 0.3) is 11.8 Å². The summed E-state index contributed by atoms with van der Waals surface area (Å²) < 4.78 is 7.84. The zero-order chi connectivity index (χ0) is 23.7. The quantitative estimate of drug-likeness (QED) is 0.394. The summed E-state index contributed by atoms with van der Waals surface area (Å²) in [7, 11) is 0. The van der Waals surface area contributed by atoms with Crippen molar-refractivity contribution >= 4 is 34.7 Å². The molecule has 0 spiro atoms. The summed E-state index contributed by atoms with van der Waals surface area (Å²) in [6.45, 7) is 2.31. The van der Waals surface area contributed by atoms with E-state index in [1.165, 1.54) is 0 Å². The molecule has 0 aliphatic heterocycles. The lowest BCUT2D eigenvalue weighted by molar-refractivity contribution is 0.0949. The standard InChI is InChI=1S/C26H23ClN4O3/c1-16-5-10-24-28-20(14-31(24)13-16)15-34-21-4-2-3-17(11-21)25(32)30-19-8-9-23(27)22(12-19)26(33)29-18-6-7-18/h2-5,8-14,18H,6-7,15H2,1H3,(H,29,33)(H,30,32). The predicted molar refractivity (Wildman–Crippen MR) is 131 cm³/mol. The fraction of sp³-hybridized carbons (Fsp3) is 0.192. The summed E-state index contributed by atoms with van der Waals surface area (Å²) in [5.74, 6) is 0.00660. The first-order valence-electron chi connectivity index (χ1n) is 11.0. The van der Waals surface area contributed by atoms with Crippen LogP contribution >= 0.6 is 11.6 Å². The van der Waals surface area contributed by atoms with Crippen molar-refractivity contribution in [2.75, 3.05) is 5.32 Å². The highest BCUT2D eigenvalue weighted by Crippen LogP contribution is 2.24. The molecule has 1 aliphatic carbocycles. The van der Waals surface area contributed by atoms with Crippen LogP contribution in [0.3, 0.4) is 0 Å². The SMILES string of the molecule is Cc1ccc2nc(COc3cccc(C(=O)Nc4ccc(Cl)c(C(=O)NC5CC5)c4)c3)cn2c1. The van der Waals surface area contributed by atoms with Gasteiger partial charge >= 0.3 is 0 Å². The lowest BCUT2D eigenvalue weighted by Gasteiger charge is -2.10. The monoisotopic (exact) mass is 474 g/mol. The minimum atomic E-state index is -0.315. The number of benzene rings is 2. The van der Waals surface area contributed by atoms with Crippen LogP contribution in [0.15, 0.2) is 67.0 Å². The Labute approximate surface area is 201 Å². The van der Waals surface area contributed by atoms with E-state index in [1.54, 1.807) is 42.5 Å². The van der Waals surface area contributed by atoms with E-state index in [0.29, 0.717) is 27.6 Å². The number of aryl methyl sites for hydroxylation is 1. The number of amides is 2. The second-order valence-electron chi connectivity index (χ2n) is 8.42. The lowest BCUT2D eigenvalue weighted by Crippen LogP contribution is -2.25. The molecule has 2 aromatic carbocycles. The van der Waals surface area contributed by atoms with Crippen LogP contribution in [0.2, 0.25) is 5.02 Å². The predicted octanol–water partition coefficient (Wildman–Crippen LogP) is 5.02. The summed E-state index contributed by atoms with van der Waals surface area (Å²) in [4.78, 5) is 29.8. The average Bonchev–Trinajstić information content (AvgIpc) is 3.55. The summed E-state index contributed by atoms with van der Waals surface area (Å²) in [6, 6.07) is 16.0. The highest BCUT2D eigenvalue weighted by molar-refractivity contribution is 6.34. The maximum Gasteiger partial charge on any atom is 0.255 e. The van der Waals surface area contributed by atoms with Gasteiger partial charge in [-0.25, -0.2) is 4.98 Å². The maximum absolute atomic E-state index is 12.8. The molecule has 1 aliphatic rings. The number of pyridine rings is 1. The number of nitrogens with one attached hydrogen (secondary N) is 2. The Morgan fingerprint density at radius 2 is 1.94 bits per heavy atom. The minimum absolute atomic E-state index is 0.217. The summed E-state index contributed by atoms with van der Waals surface area (Å²) in [5, 5.41) is 6.08. The van der Waals surface area contributed by atoms with Gasteiger partial charge in [0, 0.05) is 29.7 Å². The van der Waals surface area contributed by atoms with E-state index in [9.17, 15) is 9.59 Å². The molecule has 4 aromatic rings. The molecule has 5 rings (SSSR count). The number of fused-ring (bicyclic) bond motifs is 1. The summed E-state index contributed by atoms with van der Waals surface area (Å²) in [6.07, 6.45) is 5.90. The van der Waals surface area contributed by atoms with Crippen molar-refractivity contribution in [1.29, 1.82) is 0 Å². The Morgan fingerprint density at radius 3 is 2.76 bits per heavy atom. The van der Waals surface area contributed by atoms with Crippen LogP contribution in [0.25, 0.3) is 5.65 Å². The molecule has 172 valence electrons. The van der Waals surface area contributed by atoms with E-state index < -0.39 is 0 Å². The Balaban J connectivity index is 1.25. The number of hydrogen-bond donors (Lipinski definition) is 2. The van der Waals surface area contributed by atoms with Crippen LogP contribution < -0.4 is 15.4 Å². The van der Waals surface area contributed by atoms with E-state index in [4.69, 9.17) is 16.3 Å². The summed E-state index contributed by atoms with van der Waals surface area (Å²) >= 11 is 6.19. The van der Waals surface area contributed by atoms with Crippen molar-refractivity contribution in [1.82, 2.24) is 14.7 Å². The number of halogens is 1. The largest absolute Gasteiger partial charge is 0.487 e. The number of anilines is 1. The molecule has 2 heterocycles. The van der Waals surface area contributed by atoms with Crippen molar-refractivity contribution in [2.24, 2.45) is 0 Å². The Kier molecular flexibility index (Phi) is 5.94. The number of aromatic nitrogens is 2. The number of carbonyl (C=O) groups excluding carboxylic acids is 2. The summed E-state index contributed by atoms with van der Waals surface area (Å²) in [5.41, 5.74) is 4.05. The third-order valence-corrected chi connectivity index (χ3v) is 5.84. The first-order chi connectivity index (χ1) is 16.4. The molecule has 0 atom stereocenters. The first kappa shape index (κ1) is 22.0. The molecule has 2 aromatic heterocycles. The van der Waals surface area contributed by atoms with Gasteiger partial charge in [-0.15, -0.1) is 0 Å². The molecule has 2 N–H and O–H groups in total. The lowest BCUT2D eigenvalue weighted by atomic mass is 10.1. The fourth-order valence-corrected chi connectivity index (χ4v) is 3.78. The molecule has 7 nitrogen and oxygen atoms in total. The van der Waals surface area contributed by atoms with Gasteiger partial charge in [-0.3, -0.25) is 9.59 Å². The van der Waals surface area contributed by atoms with Gasteiger partial charge in [0.2, 0.25) is 0 Å². The molecule has 0 bridgehead atoms.